The number of anilines is 1. The Labute approximate surface area is 207 Å². The molecule has 0 spiro atoms. The molecule has 0 bridgehead atoms. The van der Waals surface area contributed by atoms with Gasteiger partial charge in [0.25, 0.3) is 0 Å². The maximum absolute atomic E-state index is 13.5. The zero-order valence-electron chi connectivity index (χ0n) is 20.3. The van der Waals surface area contributed by atoms with E-state index < -0.39 is 0 Å². The lowest BCUT2D eigenvalue weighted by molar-refractivity contribution is -0.136. The number of rotatable bonds is 4. The second kappa shape index (κ2) is 8.87. The van der Waals surface area contributed by atoms with Crippen LogP contribution in [-0.2, 0) is 16.1 Å². The van der Waals surface area contributed by atoms with Gasteiger partial charge >= 0.3 is 6.03 Å². The third kappa shape index (κ3) is 3.74. The van der Waals surface area contributed by atoms with Crippen molar-refractivity contribution < 1.29 is 14.3 Å². The Morgan fingerprint density at radius 2 is 2.00 bits per heavy atom. The first-order chi connectivity index (χ1) is 17.5. The first kappa shape index (κ1) is 22.4. The van der Waals surface area contributed by atoms with Crippen molar-refractivity contribution in [2.24, 2.45) is 0 Å². The quantitative estimate of drug-likeness (QED) is 0.476. The molecular formula is C26H27N7O3. The number of pyridine rings is 3. The summed E-state index contributed by atoms with van der Waals surface area (Å²) in [6, 6.07) is 7.83. The van der Waals surface area contributed by atoms with Crippen LogP contribution < -0.4 is 4.90 Å². The van der Waals surface area contributed by atoms with Crippen LogP contribution in [0.3, 0.4) is 0 Å². The van der Waals surface area contributed by atoms with E-state index in [0.717, 1.165) is 39.1 Å². The monoisotopic (exact) mass is 485 g/mol. The van der Waals surface area contributed by atoms with Crippen LogP contribution in [0.4, 0.5) is 10.5 Å². The molecule has 0 atom stereocenters. The fraction of sp³-hybridized carbons (Fsp3) is 0.346. The van der Waals surface area contributed by atoms with Crippen molar-refractivity contribution >= 4 is 39.7 Å². The molecular weight excluding hydrogens is 458 g/mol. The van der Waals surface area contributed by atoms with Crippen LogP contribution in [0, 0.1) is 0 Å². The van der Waals surface area contributed by atoms with E-state index in [1.54, 1.807) is 18.1 Å². The molecule has 0 aromatic carbocycles. The van der Waals surface area contributed by atoms with Crippen LogP contribution in [-0.4, -0.2) is 81.6 Å². The van der Waals surface area contributed by atoms with E-state index in [9.17, 15) is 9.59 Å². The molecule has 36 heavy (non-hydrogen) atoms. The van der Waals surface area contributed by atoms with Crippen molar-refractivity contribution in [3.8, 4) is 11.3 Å². The van der Waals surface area contributed by atoms with E-state index >= 15 is 0 Å². The molecule has 2 aliphatic heterocycles. The van der Waals surface area contributed by atoms with Crippen LogP contribution in [0.5, 0.6) is 0 Å². The summed E-state index contributed by atoms with van der Waals surface area (Å²) in [6.07, 6.45) is 6.89. The molecule has 6 heterocycles. The van der Waals surface area contributed by atoms with Gasteiger partial charge in [-0.1, -0.05) is 0 Å². The number of fused-ring (bicyclic) bond motifs is 4. The van der Waals surface area contributed by atoms with Crippen LogP contribution in [0.1, 0.15) is 18.4 Å². The summed E-state index contributed by atoms with van der Waals surface area (Å²) in [6.45, 7) is 1.71. The number of ether oxygens (including phenoxy) is 1. The third-order valence-electron chi connectivity index (χ3n) is 7.09. The maximum Gasteiger partial charge on any atom is 0.324 e. The zero-order valence-corrected chi connectivity index (χ0v) is 20.3. The Balaban J connectivity index is 1.41. The summed E-state index contributed by atoms with van der Waals surface area (Å²) in [5, 5.41) is 1.01. The third-order valence-corrected chi connectivity index (χ3v) is 7.09. The minimum absolute atomic E-state index is 0.0209. The Hall–Kier alpha value is -4.05. The molecule has 4 aromatic heterocycles. The highest BCUT2D eigenvalue weighted by Crippen LogP contribution is 2.38. The molecule has 1 N–H and O–H groups in total. The van der Waals surface area contributed by atoms with Gasteiger partial charge in [-0.15, -0.1) is 0 Å². The Kier molecular flexibility index (Phi) is 5.52. The van der Waals surface area contributed by atoms with Crippen molar-refractivity contribution in [1.82, 2.24) is 29.7 Å². The predicted molar refractivity (Wildman–Crippen MR) is 135 cm³/mol. The van der Waals surface area contributed by atoms with E-state index in [4.69, 9.17) is 9.72 Å². The Morgan fingerprint density at radius 3 is 2.81 bits per heavy atom. The minimum Gasteiger partial charge on any atom is -0.375 e. The van der Waals surface area contributed by atoms with Crippen molar-refractivity contribution in [2.75, 3.05) is 38.8 Å². The molecule has 3 amide bonds. The number of aromatic nitrogens is 4. The van der Waals surface area contributed by atoms with Crippen molar-refractivity contribution in [3.63, 3.8) is 0 Å². The van der Waals surface area contributed by atoms with E-state index in [1.807, 2.05) is 40.4 Å². The molecule has 6 rings (SSSR count). The lowest BCUT2D eigenvalue weighted by Gasteiger charge is -2.43. The minimum atomic E-state index is -0.0562. The number of aromatic amines is 1. The van der Waals surface area contributed by atoms with Gasteiger partial charge in [-0.05, 0) is 37.1 Å². The number of carbonyl (C=O) groups excluding carboxylic acids is 2. The smallest absolute Gasteiger partial charge is 0.324 e. The SMILES string of the molecule is COCC(=O)N1CCC(N2C(=O)N(C)Cc3cnc4ccc(-c5cnc6[nH]ccc6c5)nc4c32)CC1. The highest BCUT2D eigenvalue weighted by molar-refractivity contribution is 6.04. The number of hydrogen-bond donors (Lipinski definition) is 1. The van der Waals surface area contributed by atoms with Gasteiger partial charge in [-0.25, -0.2) is 14.8 Å². The van der Waals surface area contributed by atoms with Crippen molar-refractivity contribution in [2.45, 2.75) is 25.4 Å². The molecule has 1 fully saturated rings. The molecule has 0 unspecified atom stereocenters. The second-order valence-electron chi connectivity index (χ2n) is 9.39. The molecule has 2 aliphatic rings. The standard InChI is InChI=1S/C26H27N7O3/c1-31-14-18-13-28-21-4-3-20(17-11-16-5-8-27-25(16)29-12-17)30-23(21)24(18)33(26(31)35)19-6-9-32(10-7-19)22(34)15-36-2/h3-5,8,11-13,19H,6-7,9-10,14-15H2,1-2H3,(H,27,29). The van der Waals surface area contributed by atoms with E-state index in [2.05, 4.69) is 21.0 Å². The average Bonchev–Trinajstić information content (AvgIpc) is 3.37. The largest absolute Gasteiger partial charge is 0.375 e. The van der Waals surface area contributed by atoms with Gasteiger partial charge in [0, 0.05) is 68.4 Å². The molecule has 10 heteroatoms. The number of urea groups is 1. The number of hydrogen-bond acceptors (Lipinski definition) is 6. The van der Waals surface area contributed by atoms with Gasteiger partial charge in [0.2, 0.25) is 5.91 Å². The van der Waals surface area contributed by atoms with Gasteiger partial charge in [-0.3, -0.25) is 14.7 Å². The number of amides is 3. The topological polar surface area (TPSA) is 108 Å². The summed E-state index contributed by atoms with van der Waals surface area (Å²) in [5.41, 5.74) is 5.74. The summed E-state index contributed by atoms with van der Waals surface area (Å²) >= 11 is 0. The fourth-order valence-electron chi connectivity index (χ4n) is 5.25. The van der Waals surface area contributed by atoms with Gasteiger partial charge < -0.3 is 19.5 Å². The summed E-state index contributed by atoms with van der Waals surface area (Å²) < 4.78 is 5.01. The summed E-state index contributed by atoms with van der Waals surface area (Å²) in [5.74, 6) is -0.0209. The number of nitrogens with zero attached hydrogens (tertiary/aromatic N) is 6. The fourth-order valence-corrected chi connectivity index (χ4v) is 5.25. The van der Waals surface area contributed by atoms with E-state index in [-0.39, 0.29) is 24.6 Å². The Bertz CT molecular complexity index is 1480. The molecule has 10 nitrogen and oxygen atoms in total. The number of piperidine rings is 1. The number of likely N-dealkylation sites (tertiary alicyclic amines) is 1. The number of nitrogens with one attached hydrogen (secondary N) is 1. The Morgan fingerprint density at radius 1 is 1.17 bits per heavy atom. The first-order valence-electron chi connectivity index (χ1n) is 12.1. The molecule has 4 aromatic rings. The first-order valence-corrected chi connectivity index (χ1v) is 12.1. The van der Waals surface area contributed by atoms with Gasteiger partial charge in [0.15, 0.2) is 0 Å². The number of methoxy groups -OCH3 is 1. The average molecular weight is 486 g/mol. The van der Waals surface area contributed by atoms with Gasteiger partial charge in [-0.2, -0.15) is 0 Å². The molecule has 0 saturated carbocycles. The van der Waals surface area contributed by atoms with E-state index in [0.29, 0.717) is 38.0 Å². The van der Waals surface area contributed by atoms with Crippen LogP contribution in [0.15, 0.2) is 42.9 Å². The zero-order chi connectivity index (χ0) is 24.8. The van der Waals surface area contributed by atoms with Crippen molar-refractivity contribution in [1.29, 1.82) is 0 Å². The summed E-state index contributed by atoms with van der Waals surface area (Å²) in [4.78, 5) is 48.5. The normalized spacial score (nSPS) is 16.7. The van der Waals surface area contributed by atoms with Crippen LogP contribution >= 0.6 is 0 Å². The number of H-pyrrole nitrogens is 1. The maximum atomic E-state index is 13.5. The predicted octanol–water partition coefficient (Wildman–Crippen LogP) is 3.18. The molecule has 1 saturated heterocycles. The molecule has 0 aliphatic carbocycles. The molecule has 184 valence electrons. The molecule has 0 radical (unpaired) electrons. The summed E-state index contributed by atoms with van der Waals surface area (Å²) in [7, 11) is 3.33. The second-order valence-corrected chi connectivity index (χ2v) is 9.39. The highest BCUT2D eigenvalue weighted by Gasteiger charge is 2.37. The van der Waals surface area contributed by atoms with Crippen LogP contribution in [0.25, 0.3) is 33.3 Å². The lowest BCUT2D eigenvalue weighted by atomic mass is 9.99. The van der Waals surface area contributed by atoms with E-state index in [1.165, 1.54) is 7.11 Å². The van der Waals surface area contributed by atoms with Crippen LogP contribution in [0.2, 0.25) is 0 Å². The highest BCUT2D eigenvalue weighted by atomic mass is 16.5. The van der Waals surface area contributed by atoms with Gasteiger partial charge in [0.1, 0.15) is 17.8 Å². The lowest BCUT2D eigenvalue weighted by Crippen LogP contribution is -2.54. The van der Waals surface area contributed by atoms with Gasteiger partial charge in [0.05, 0.1) is 23.4 Å². The number of carbonyl (C=O) groups is 2. The van der Waals surface area contributed by atoms with Crippen molar-refractivity contribution in [3.05, 3.63) is 48.4 Å².